The van der Waals surface area contributed by atoms with Gasteiger partial charge in [-0.1, -0.05) is 40.4 Å². The minimum Gasteiger partial charge on any atom is -0.326 e. The Morgan fingerprint density at radius 2 is 1.96 bits per heavy atom. The van der Waals surface area contributed by atoms with Crippen LogP contribution in [0, 0.1) is 5.92 Å². The van der Waals surface area contributed by atoms with Crippen LogP contribution in [-0.4, -0.2) is 27.9 Å². The topological polar surface area (TPSA) is 75.2 Å². The monoisotopic (exact) mass is 398 g/mol. The van der Waals surface area contributed by atoms with Crippen LogP contribution in [0.25, 0.3) is 11.3 Å². The molecule has 1 aliphatic heterocycles. The van der Waals surface area contributed by atoms with Crippen LogP contribution >= 0.6 is 23.1 Å². The molecule has 2 amide bonds. The lowest BCUT2D eigenvalue weighted by Crippen LogP contribution is -2.28. The Morgan fingerprint density at radius 3 is 2.67 bits per heavy atom. The van der Waals surface area contributed by atoms with E-state index in [0.717, 1.165) is 11.3 Å². The van der Waals surface area contributed by atoms with Crippen LogP contribution in [0.15, 0.2) is 53.9 Å². The number of carbonyl (C=O) groups excluding carboxylic acids is 2. The fourth-order valence-electron chi connectivity index (χ4n) is 3.05. The first-order valence-electron chi connectivity index (χ1n) is 8.35. The Bertz CT molecular complexity index is 976. The van der Waals surface area contributed by atoms with Gasteiger partial charge >= 0.3 is 0 Å². The van der Waals surface area contributed by atoms with Crippen LogP contribution in [-0.2, 0) is 9.59 Å². The molecular weight excluding hydrogens is 384 g/mol. The van der Waals surface area contributed by atoms with Crippen molar-refractivity contribution >= 4 is 46.3 Å². The molecule has 0 aliphatic carbocycles. The lowest BCUT2D eigenvalue weighted by atomic mass is 10.1. The number of nitrogens with one attached hydrogen (secondary N) is 1. The summed E-state index contributed by atoms with van der Waals surface area (Å²) in [5.41, 5.74) is 3.05. The van der Waals surface area contributed by atoms with Crippen molar-refractivity contribution in [2.75, 3.05) is 16.8 Å². The second-order valence-electron chi connectivity index (χ2n) is 6.21. The Balaban J connectivity index is 1.43. The molecule has 6 nitrogen and oxygen atoms in total. The van der Waals surface area contributed by atoms with Crippen molar-refractivity contribution < 1.29 is 9.59 Å². The van der Waals surface area contributed by atoms with E-state index in [9.17, 15) is 9.59 Å². The van der Waals surface area contributed by atoms with Gasteiger partial charge in [-0.05, 0) is 35.8 Å². The summed E-state index contributed by atoms with van der Waals surface area (Å²) in [6, 6.07) is 14.5. The lowest BCUT2D eigenvalue weighted by molar-refractivity contribution is -0.122. The molecule has 2 aromatic carbocycles. The summed E-state index contributed by atoms with van der Waals surface area (Å²) in [5, 5.41) is 9.26. The molecule has 4 rings (SSSR count). The minimum atomic E-state index is -0.420. The zero-order chi connectivity index (χ0) is 18.8. The number of halogens is 1. The first kappa shape index (κ1) is 17.6. The molecule has 3 aromatic rings. The predicted octanol–water partition coefficient (Wildman–Crippen LogP) is 3.85. The SMILES string of the molecule is O=C(Nc1ccc(-c2csnn2)cc1)C1CC(=O)N(c2ccccc2Cl)C1. The number of carbonyl (C=O) groups is 2. The number of nitrogens with zero attached hydrogens (tertiary/aromatic N) is 3. The van der Waals surface area contributed by atoms with Crippen LogP contribution in [0.5, 0.6) is 0 Å². The van der Waals surface area contributed by atoms with E-state index in [4.69, 9.17) is 11.6 Å². The third-order valence-electron chi connectivity index (χ3n) is 4.45. The van der Waals surface area contributed by atoms with Gasteiger partial charge < -0.3 is 10.2 Å². The number of aromatic nitrogens is 2. The minimum absolute atomic E-state index is 0.102. The number of para-hydroxylation sites is 1. The van der Waals surface area contributed by atoms with E-state index >= 15 is 0 Å². The zero-order valence-electron chi connectivity index (χ0n) is 14.1. The highest BCUT2D eigenvalue weighted by Gasteiger charge is 2.35. The highest BCUT2D eigenvalue weighted by Crippen LogP contribution is 2.31. The standard InChI is InChI=1S/C19H15ClN4O2S/c20-15-3-1-2-4-17(15)24-10-13(9-18(24)25)19(26)21-14-7-5-12(6-8-14)16-11-27-23-22-16/h1-8,11,13H,9-10H2,(H,21,26). The molecule has 1 atom stereocenters. The van der Waals surface area contributed by atoms with Gasteiger partial charge in [0.1, 0.15) is 5.69 Å². The largest absolute Gasteiger partial charge is 0.326 e. The average Bonchev–Trinajstić information content (AvgIpc) is 3.33. The van der Waals surface area contributed by atoms with Crippen LogP contribution < -0.4 is 10.2 Å². The summed E-state index contributed by atoms with van der Waals surface area (Å²) in [4.78, 5) is 26.5. The van der Waals surface area contributed by atoms with Crippen molar-refractivity contribution in [1.82, 2.24) is 9.59 Å². The molecule has 2 heterocycles. The number of benzene rings is 2. The third kappa shape index (κ3) is 3.70. The Kier molecular flexibility index (Phi) is 4.87. The van der Waals surface area contributed by atoms with E-state index in [1.54, 1.807) is 17.0 Å². The van der Waals surface area contributed by atoms with Crippen LogP contribution in [0.3, 0.4) is 0 Å². The number of hydrogen-bond acceptors (Lipinski definition) is 5. The first-order chi connectivity index (χ1) is 13.1. The quantitative estimate of drug-likeness (QED) is 0.724. The molecule has 1 N–H and O–H groups in total. The first-order valence-corrected chi connectivity index (χ1v) is 9.56. The smallest absolute Gasteiger partial charge is 0.229 e. The average molecular weight is 399 g/mol. The molecule has 0 bridgehead atoms. The Labute approximate surface area is 164 Å². The second-order valence-corrected chi connectivity index (χ2v) is 7.23. The highest BCUT2D eigenvalue weighted by molar-refractivity contribution is 7.03. The van der Waals surface area contributed by atoms with E-state index in [1.807, 2.05) is 41.8 Å². The van der Waals surface area contributed by atoms with Crippen LogP contribution in [0.1, 0.15) is 6.42 Å². The van der Waals surface area contributed by atoms with Gasteiger partial charge in [0.15, 0.2) is 0 Å². The van der Waals surface area contributed by atoms with Crippen molar-refractivity contribution in [3.8, 4) is 11.3 Å². The second kappa shape index (κ2) is 7.46. The van der Waals surface area contributed by atoms with Gasteiger partial charge in [0, 0.05) is 29.6 Å². The third-order valence-corrected chi connectivity index (χ3v) is 5.27. The van der Waals surface area contributed by atoms with E-state index in [1.165, 1.54) is 11.5 Å². The van der Waals surface area contributed by atoms with Crippen molar-refractivity contribution in [3.63, 3.8) is 0 Å². The zero-order valence-corrected chi connectivity index (χ0v) is 15.7. The summed E-state index contributed by atoms with van der Waals surface area (Å²) in [5.74, 6) is -0.702. The molecule has 1 aromatic heterocycles. The van der Waals surface area contributed by atoms with Crippen molar-refractivity contribution in [1.29, 1.82) is 0 Å². The van der Waals surface area contributed by atoms with Gasteiger partial charge in [0.25, 0.3) is 0 Å². The normalized spacial score (nSPS) is 16.6. The molecule has 8 heteroatoms. The number of amides is 2. The fourth-order valence-corrected chi connectivity index (χ4v) is 3.75. The molecule has 1 saturated heterocycles. The number of anilines is 2. The summed E-state index contributed by atoms with van der Waals surface area (Å²) < 4.78 is 3.84. The van der Waals surface area contributed by atoms with Crippen molar-refractivity contribution in [2.45, 2.75) is 6.42 Å². The maximum Gasteiger partial charge on any atom is 0.229 e. The molecule has 1 fully saturated rings. The Hall–Kier alpha value is -2.77. The molecule has 1 unspecified atom stereocenters. The van der Waals surface area contributed by atoms with Crippen molar-refractivity contribution in [3.05, 3.63) is 58.9 Å². The summed E-state index contributed by atoms with van der Waals surface area (Å²) in [6.07, 6.45) is 0.166. The molecule has 0 spiro atoms. The van der Waals surface area contributed by atoms with Crippen LogP contribution in [0.4, 0.5) is 11.4 Å². The van der Waals surface area contributed by atoms with Gasteiger partial charge in [-0.25, -0.2) is 0 Å². The van der Waals surface area contributed by atoms with Gasteiger partial charge in [-0.15, -0.1) is 5.10 Å². The van der Waals surface area contributed by atoms with Crippen LogP contribution in [0.2, 0.25) is 5.02 Å². The lowest BCUT2D eigenvalue weighted by Gasteiger charge is -2.18. The molecule has 0 saturated carbocycles. The Morgan fingerprint density at radius 1 is 1.19 bits per heavy atom. The summed E-state index contributed by atoms with van der Waals surface area (Å²) in [7, 11) is 0. The summed E-state index contributed by atoms with van der Waals surface area (Å²) >= 11 is 7.47. The van der Waals surface area contributed by atoms with Gasteiger partial charge in [-0.2, -0.15) is 0 Å². The van der Waals surface area contributed by atoms with E-state index < -0.39 is 5.92 Å². The fraction of sp³-hybridized carbons (Fsp3) is 0.158. The molecule has 0 radical (unpaired) electrons. The number of rotatable bonds is 4. The molecule has 27 heavy (non-hydrogen) atoms. The maximum atomic E-state index is 12.6. The molecule has 136 valence electrons. The number of hydrogen-bond donors (Lipinski definition) is 1. The molecule has 1 aliphatic rings. The van der Waals surface area contributed by atoms with E-state index in [2.05, 4.69) is 14.9 Å². The maximum absolute atomic E-state index is 12.6. The van der Waals surface area contributed by atoms with Gasteiger partial charge in [0.05, 0.1) is 16.6 Å². The van der Waals surface area contributed by atoms with Gasteiger partial charge in [-0.3, -0.25) is 9.59 Å². The van der Waals surface area contributed by atoms with E-state index in [0.29, 0.717) is 22.9 Å². The summed E-state index contributed by atoms with van der Waals surface area (Å²) in [6.45, 7) is 0.316. The highest BCUT2D eigenvalue weighted by atomic mass is 35.5. The van der Waals surface area contributed by atoms with Gasteiger partial charge in [0.2, 0.25) is 11.8 Å². The van der Waals surface area contributed by atoms with E-state index in [-0.39, 0.29) is 18.2 Å². The molecular formula is C19H15ClN4O2S. The van der Waals surface area contributed by atoms with Crippen molar-refractivity contribution in [2.24, 2.45) is 5.92 Å². The predicted molar refractivity (Wildman–Crippen MR) is 106 cm³/mol.